The lowest BCUT2D eigenvalue weighted by Gasteiger charge is -2.32. The zero-order valence-corrected chi connectivity index (χ0v) is 10.2. The van der Waals surface area contributed by atoms with Crippen LogP contribution in [0.2, 0.25) is 0 Å². The van der Waals surface area contributed by atoms with E-state index in [9.17, 15) is 4.79 Å². The highest BCUT2D eigenvalue weighted by atomic mass is 16.5. The standard InChI is InChI=1S/C13H13N3O3/c17-13(18)11-7-16(5-6-19-11)12-9-3-1-2-4-10(9)14-8-15-12/h1-4,8,11H,5-7H2,(H,17,18). The molecular weight excluding hydrogens is 246 g/mol. The Balaban J connectivity index is 1.97. The van der Waals surface area contributed by atoms with Gasteiger partial charge in [-0.2, -0.15) is 0 Å². The van der Waals surface area contributed by atoms with Crippen molar-refractivity contribution in [2.45, 2.75) is 6.10 Å². The Bertz CT molecular complexity index is 612. The molecule has 1 N–H and O–H groups in total. The minimum absolute atomic E-state index is 0.302. The maximum atomic E-state index is 11.0. The van der Waals surface area contributed by atoms with E-state index in [1.807, 2.05) is 29.2 Å². The van der Waals surface area contributed by atoms with Crippen molar-refractivity contribution in [1.82, 2.24) is 9.97 Å². The number of aromatic nitrogens is 2. The van der Waals surface area contributed by atoms with Gasteiger partial charge >= 0.3 is 5.97 Å². The Morgan fingerprint density at radius 1 is 1.37 bits per heavy atom. The molecule has 19 heavy (non-hydrogen) atoms. The molecule has 1 aliphatic rings. The van der Waals surface area contributed by atoms with E-state index in [-0.39, 0.29) is 0 Å². The number of nitrogens with zero attached hydrogens (tertiary/aromatic N) is 3. The molecule has 6 heteroatoms. The summed E-state index contributed by atoms with van der Waals surface area (Å²) in [5, 5.41) is 9.96. The summed E-state index contributed by atoms with van der Waals surface area (Å²) >= 11 is 0. The van der Waals surface area contributed by atoms with Crippen LogP contribution in [0.4, 0.5) is 5.82 Å². The molecule has 98 valence electrons. The van der Waals surface area contributed by atoms with Gasteiger partial charge in [0, 0.05) is 11.9 Å². The number of anilines is 1. The molecule has 0 bridgehead atoms. The van der Waals surface area contributed by atoms with Crippen molar-refractivity contribution in [3.63, 3.8) is 0 Å². The molecule has 1 unspecified atom stereocenters. The number of aliphatic carboxylic acids is 1. The van der Waals surface area contributed by atoms with Crippen LogP contribution < -0.4 is 4.90 Å². The first-order chi connectivity index (χ1) is 9.25. The summed E-state index contributed by atoms with van der Waals surface area (Å²) in [6, 6.07) is 7.69. The summed E-state index contributed by atoms with van der Waals surface area (Å²) in [5.74, 6) is -0.178. The molecule has 1 aromatic carbocycles. The molecule has 3 rings (SSSR count). The Kier molecular flexibility index (Phi) is 3.00. The molecular formula is C13H13N3O3. The normalized spacial score (nSPS) is 19.6. The highest BCUT2D eigenvalue weighted by Gasteiger charge is 2.27. The average molecular weight is 259 g/mol. The fraction of sp³-hybridized carbons (Fsp3) is 0.308. The van der Waals surface area contributed by atoms with Gasteiger partial charge in [0.1, 0.15) is 12.1 Å². The number of fused-ring (bicyclic) bond motifs is 1. The van der Waals surface area contributed by atoms with Crippen LogP contribution >= 0.6 is 0 Å². The van der Waals surface area contributed by atoms with Crippen LogP contribution in [0, 0.1) is 0 Å². The van der Waals surface area contributed by atoms with E-state index in [4.69, 9.17) is 9.84 Å². The second-order valence-corrected chi connectivity index (χ2v) is 4.36. The highest BCUT2D eigenvalue weighted by molar-refractivity contribution is 5.89. The first-order valence-corrected chi connectivity index (χ1v) is 6.05. The number of carboxylic acids is 1. The van der Waals surface area contributed by atoms with E-state index < -0.39 is 12.1 Å². The van der Waals surface area contributed by atoms with E-state index in [0.717, 1.165) is 16.7 Å². The van der Waals surface area contributed by atoms with Crippen molar-refractivity contribution in [1.29, 1.82) is 0 Å². The summed E-state index contributed by atoms with van der Waals surface area (Å²) in [5.41, 5.74) is 0.853. The van der Waals surface area contributed by atoms with Gasteiger partial charge in [-0.25, -0.2) is 14.8 Å². The number of hydrogen-bond donors (Lipinski definition) is 1. The summed E-state index contributed by atoms with van der Waals surface area (Å²) in [4.78, 5) is 21.4. The van der Waals surface area contributed by atoms with Gasteiger partial charge in [-0.15, -0.1) is 0 Å². The number of carboxylic acid groups (broad SMARTS) is 1. The zero-order chi connectivity index (χ0) is 13.2. The molecule has 6 nitrogen and oxygen atoms in total. The molecule has 0 spiro atoms. The molecule has 1 atom stereocenters. The number of rotatable bonds is 2. The fourth-order valence-electron chi connectivity index (χ4n) is 2.23. The second kappa shape index (κ2) is 4.81. The van der Waals surface area contributed by atoms with E-state index >= 15 is 0 Å². The molecule has 2 aromatic rings. The second-order valence-electron chi connectivity index (χ2n) is 4.36. The van der Waals surface area contributed by atoms with Crippen LogP contribution in [-0.4, -0.2) is 46.8 Å². The lowest BCUT2D eigenvalue weighted by Crippen LogP contribution is -2.46. The maximum Gasteiger partial charge on any atom is 0.334 e. The Morgan fingerprint density at radius 2 is 2.21 bits per heavy atom. The Labute approximate surface area is 109 Å². The minimum atomic E-state index is -0.942. The first kappa shape index (κ1) is 11.9. The van der Waals surface area contributed by atoms with E-state index in [1.165, 1.54) is 6.33 Å². The quantitative estimate of drug-likeness (QED) is 0.864. The molecule has 1 saturated heterocycles. The smallest absolute Gasteiger partial charge is 0.334 e. The summed E-state index contributed by atoms with van der Waals surface area (Å²) in [7, 11) is 0. The van der Waals surface area contributed by atoms with Gasteiger partial charge in [0.15, 0.2) is 6.10 Å². The number of para-hydroxylation sites is 1. The van der Waals surface area contributed by atoms with Crippen molar-refractivity contribution in [3.05, 3.63) is 30.6 Å². The lowest BCUT2D eigenvalue weighted by molar-refractivity contribution is -0.150. The third-order valence-electron chi connectivity index (χ3n) is 3.16. The minimum Gasteiger partial charge on any atom is -0.479 e. The summed E-state index contributed by atoms with van der Waals surface area (Å²) in [6.45, 7) is 1.32. The van der Waals surface area contributed by atoms with Crippen LogP contribution in [0.15, 0.2) is 30.6 Å². The van der Waals surface area contributed by atoms with Crippen LogP contribution in [-0.2, 0) is 9.53 Å². The molecule has 0 aliphatic carbocycles. The van der Waals surface area contributed by atoms with Gasteiger partial charge in [-0.05, 0) is 12.1 Å². The van der Waals surface area contributed by atoms with E-state index in [2.05, 4.69) is 9.97 Å². The number of benzene rings is 1. The molecule has 0 amide bonds. The highest BCUT2D eigenvalue weighted by Crippen LogP contribution is 2.24. The number of ether oxygens (including phenoxy) is 1. The molecule has 1 aliphatic heterocycles. The predicted octanol–water partition coefficient (Wildman–Crippen LogP) is 0.920. The van der Waals surface area contributed by atoms with Crippen LogP contribution in [0.25, 0.3) is 10.9 Å². The van der Waals surface area contributed by atoms with E-state index in [1.54, 1.807) is 0 Å². The fourth-order valence-corrected chi connectivity index (χ4v) is 2.23. The van der Waals surface area contributed by atoms with Crippen molar-refractivity contribution in [3.8, 4) is 0 Å². The third-order valence-corrected chi connectivity index (χ3v) is 3.16. The zero-order valence-electron chi connectivity index (χ0n) is 10.2. The summed E-state index contributed by atoms with van der Waals surface area (Å²) in [6.07, 6.45) is 0.700. The number of carbonyl (C=O) groups is 1. The van der Waals surface area contributed by atoms with Crippen LogP contribution in [0.5, 0.6) is 0 Å². The molecule has 1 fully saturated rings. The predicted molar refractivity (Wildman–Crippen MR) is 69.1 cm³/mol. The SMILES string of the molecule is O=C(O)C1CN(c2ncnc3ccccc23)CCO1. The molecule has 1 aromatic heterocycles. The first-order valence-electron chi connectivity index (χ1n) is 6.05. The summed E-state index contributed by atoms with van der Waals surface area (Å²) < 4.78 is 5.22. The van der Waals surface area contributed by atoms with Crippen molar-refractivity contribution >= 4 is 22.7 Å². The number of hydrogen-bond acceptors (Lipinski definition) is 5. The van der Waals surface area contributed by atoms with Gasteiger partial charge in [-0.1, -0.05) is 12.1 Å². The Morgan fingerprint density at radius 3 is 3.05 bits per heavy atom. The third kappa shape index (κ3) is 2.22. The van der Waals surface area contributed by atoms with Crippen molar-refractivity contribution < 1.29 is 14.6 Å². The largest absolute Gasteiger partial charge is 0.479 e. The molecule has 2 heterocycles. The van der Waals surface area contributed by atoms with Gasteiger partial charge in [0.05, 0.1) is 18.7 Å². The average Bonchev–Trinajstić information content (AvgIpc) is 2.47. The maximum absolute atomic E-state index is 11.0. The van der Waals surface area contributed by atoms with Crippen LogP contribution in [0.3, 0.4) is 0 Å². The van der Waals surface area contributed by atoms with Crippen molar-refractivity contribution in [2.75, 3.05) is 24.6 Å². The topological polar surface area (TPSA) is 75.5 Å². The molecule has 0 radical (unpaired) electrons. The van der Waals surface area contributed by atoms with E-state index in [0.29, 0.717) is 19.7 Å². The van der Waals surface area contributed by atoms with Crippen molar-refractivity contribution in [2.24, 2.45) is 0 Å². The van der Waals surface area contributed by atoms with Gasteiger partial charge < -0.3 is 14.7 Å². The monoisotopic (exact) mass is 259 g/mol. The van der Waals surface area contributed by atoms with Crippen LogP contribution in [0.1, 0.15) is 0 Å². The van der Waals surface area contributed by atoms with Gasteiger partial charge in [-0.3, -0.25) is 0 Å². The van der Waals surface area contributed by atoms with Gasteiger partial charge in [0.25, 0.3) is 0 Å². The Hall–Kier alpha value is -2.21. The number of morpholine rings is 1. The molecule has 0 saturated carbocycles. The van der Waals surface area contributed by atoms with Gasteiger partial charge in [0.2, 0.25) is 0 Å². The lowest BCUT2D eigenvalue weighted by atomic mass is 10.2.